The van der Waals surface area contributed by atoms with Crippen molar-refractivity contribution in [2.75, 3.05) is 23.3 Å². The van der Waals surface area contributed by atoms with E-state index in [4.69, 9.17) is 0 Å². The SMILES string of the molecule is Oc1ccc(CNc2cccc(N3CCCC3)c2)c(O)c1. The molecule has 0 spiro atoms. The van der Waals surface area contributed by atoms with Gasteiger partial charge in [-0.3, -0.25) is 0 Å². The highest BCUT2D eigenvalue weighted by atomic mass is 16.3. The molecule has 3 rings (SSSR count). The highest BCUT2D eigenvalue weighted by molar-refractivity contribution is 5.59. The van der Waals surface area contributed by atoms with E-state index in [-0.39, 0.29) is 11.5 Å². The van der Waals surface area contributed by atoms with Crippen molar-refractivity contribution in [3.8, 4) is 11.5 Å². The van der Waals surface area contributed by atoms with E-state index < -0.39 is 0 Å². The average molecular weight is 284 g/mol. The van der Waals surface area contributed by atoms with Gasteiger partial charge in [-0.2, -0.15) is 0 Å². The second-order valence-corrected chi connectivity index (χ2v) is 5.41. The number of phenolic OH excluding ortho intramolecular Hbond substituents is 2. The molecule has 2 aromatic rings. The molecule has 0 bridgehead atoms. The number of anilines is 2. The molecule has 2 aromatic carbocycles. The monoisotopic (exact) mass is 284 g/mol. The molecular weight excluding hydrogens is 264 g/mol. The predicted molar refractivity (Wildman–Crippen MR) is 85.0 cm³/mol. The fourth-order valence-electron chi connectivity index (χ4n) is 2.69. The van der Waals surface area contributed by atoms with Crippen molar-refractivity contribution >= 4 is 11.4 Å². The summed E-state index contributed by atoms with van der Waals surface area (Å²) in [6, 6.07) is 13.0. The van der Waals surface area contributed by atoms with E-state index >= 15 is 0 Å². The van der Waals surface area contributed by atoms with Crippen LogP contribution in [-0.2, 0) is 6.54 Å². The van der Waals surface area contributed by atoms with Crippen LogP contribution in [-0.4, -0.2) is 23.3 Å². The highest BCUT2D eigenvalue weighted by Gasteiger charge is 2.12. The summed E-state index contributed by atoms with van der Waals surface area (Å²) in [5, 5.41) is 22.4. The van der Waals surface area contributed by atoms with E-state index in [9.17, 15) is 10.2 Å². The highest BCUT2D eigenvalue weighted by Crippen LogP contribution is 2.26. The zero-order valence-corrected chi connectivity index (χ0v) is 11.9. The van der Waals surface area contributed by atoms with Gasteiger partial charge in [-0.1, -0.05) is 6.07 Å². The number of rotatable bonds is 4. The minimum Gasteiger partial charge on any atom is -0.508 e. The largest absolute Gasteiger partial charge is 0.508 e. The summed E-state index contributed by atoms with van der Waals surface area (Å²) in [7, 11) is 0. The number of nitrogens with zero attached hydrogens (tertiary/aromatic N) is 1. The minimum absolute atomic E-state index is 0.0762. The van der Waals surface area contributed by atoms with Crippen molar-refractivity contribution in [1.82, 2.24) is 0 Å². The van der Waals surface area contributed by atoms with Crippen LogP contribution in [0.25, 0.3) is 0 Å². The lowest BCUT2D eigenvalue weighted by Crippen LogP contribution is -2.17. The van der Waals surface area contributed by atoms with Crippen molar-refractivity contribution in [3.05, 3.63) is 48.0 Å². The summed E-state index contributed by atoms with van der Waals surface area (Å²) >= 11 is 0. The fourth-order valence-corrected chi connectivity index (χ4v) is 2.69. The van der Waals surface area contributed by atoms with Crippen LogP contribution in [0.2, 0.25) is 0 Å². The van der Waals surface area contributed by atoms with Gasteiger partial charge in [0.2, 0.25) is 0 Å². The van der Waals surface area contributed by atoms with Crippen LogP contribution < -0.4 is 10.2 Å². The smallest absolute Gasteiger partial charge is 0.124 e. The first-order valence-corrected chi connectivity index (χ1v) is 7.32. The lowest BCUT2D eigenvalue weighted by molar-refractivity contribution is 0.446. The lowest BCUT2D eigenvalue weighted by Gasteiger charge is -2.18. The molecule has 110 valence electrons. The van der Waals surface area contributed by atoms with Crippen molar-refractivity contribution in [3.63, 3.8) is 0 Å². The fraction of sp³-hybridized carbons (Fsp3) is 0.294. The zero-order chi connectivity index (χ0) is 14.7. The van der Waals surface area contributed by atoms with Gasteiger partial charge in [-0.05, 0) is 43.2 Å². The molecule has 0 unspecified atom stereocenters. The molecule has 1 saturated heterocycles. The first kappa shape index (κ1) is 13.6. The molecule has 4 heteroatoms. The van der Waals surface area contributed by atoms with Gasteiger partial charge in [0.25, 0.3) is 0 Å². The summed E-state index contributed by atoms with van der Waals surface area (Å²) in [4.78, 5) is 2.39. The molecule has 0 radical (unpaired) electrons. The molecule has 0 aliphatic carbocycles. The summed E-state index contributed by atoms with van der Waals surface area (Å²) < 4.78 is 0. The molecule has 21 heavy (non-hydrogen) atoms. The van der Waals surface area contributed by atoms with E-state index in [1.165, 1.54) is 24.6 Å². The van der Waals surface area contributed by atoms with Crippen LogP contribution in [0.3, 0.4) is 0 Å². The van der Waals surface area contributed by atoms with Gasteiger partial charge in [0, 0.05) is 42.6 Å². The Bertz CT molecular complexity index is 622. The molecular formula is C17H20N2O2. The standard InChI is InChI=1S/C17H20N2O2/c20-16-7-6-13(17(21)11-16)12-18-14-4-3-5-15(10-14)19-8-1-2-9-19/h3-7,10-11,18,20-21H,1-2,8-9,12H2. The normalized spacial score (nSPS) is 14.4. The third-order valence-electron chi connectivity index (χ3n) is 3.87. The van der Waals surface area contributed by atoms with Gasteiger partial charge in [0.1, 0.15) is 11.5 Å². The Hall–Kier alpha value is -2.36. The summed E-state index contributed by atoms with van der Waals surface area (Å²) in [6.07, 6.45) is 2.53. The molecule has 1 heterocycles. The minimum atomic E-state index is 0.0762. The molecule has 1 aliphatic heterocycles. The Morgan fingerprint density at radius 2 is 1.81 bits per heavy atom. The Kier molecular flexibility index (Phi) is 3.86. The summed E-state index contributed by atoms with van der Waals surface area (Å²) in [6.45, 7) is 2.78. The molecule has 0 saturated carbocycles. The molecule has 4 nitrogen and oxygen atoms in total. The quantitative estimate of drug-likeness (QED) is 0.806. The summed E-state index contributed by atoms with van der Waals surface area (Å²) in [5.41, 5.74) is 3.04. The van der Waals surface area contributed by atoms with E-state index in [1.54, 1.807) is 12.1 Å². The van der Waals surface area contributed by atoms with Gasteiger partial charge in [-0.15, -0.1) is 0 Å². The van der Waals surface area contributed by atoms with Crippen molar-refractivity contribution in [1.29, 1.82) is 0 Å². The Morgan fingerprint density at radius 3 is 2.57 bits per heavy atom. The number of aromatic hydroxyl groups is 2. The van der Waals surface area contributed by atoms with E-state index in [1.807, 2.05) is 12.1 Å². The van der Waals surface area contributed by atoms with E-state index in [0.29, 0.717) is 6.54 Å². The third kappa shape index (κ3) is 3.21. The van der Waals surface area contributed by atoms with Crippen LogP contribution in [0, 0.1) is 0 Å². The molecule has 1 fully saturated rings. The maximum Gasteiger partial charge on any atom is 0.124 e. The van der Waals surface area contributed by atoms with Crippen molar-refractivity contribution < 1.29 is 10.2 Å². The predicted octanol–water partition coefficient (Wildman–Crippen LogP) is 3.31. The Labute approximate surface area is 124 Å². The lowest BCUT2D eigenvalue weighted by atomic mass is 10.2. The average Bonchev–Trinajstić information content (AvgIpc) is 3.01. The molecule has 0 atom stereocenters. The number of nitrogens with one attached hydrogen (secondary N) is 1. The zero-order valence-electron chi connectivity index (χ0n) is 11.9. The van der Waals surface area contributed by atoms with Crippen molar-refractivity contribution in [2.45, 2.75) is 19.4 Å². The second-order valence-electron chi connectivity index (χ2n) is 5.41. The van der Waals surface area contributed by atoms with Crippen molar-refractivity contribution in [2.24, 2.45) is 0 Å². The third-order valence-corrected chi connectivity index (χ3v) is 3.87. The Balaban J connectivity index is 1.68. The molecule has 0 amide bonds. The molecule has 3 N–H and O–H groups in total. The topological polar surface area (TPSA) is 55.7 Å². The van der Waals surface area contributed by atoms with Crippen LogP contribution >= 0.6 is 0 Å². The van der Waals surface area contributed by atoms with Gasteiger partial charge >= 0.3 is 0 Å². The second kappa shape index (κ2) is 5.95. The van der Waals surface area contributed by atoms with Crippen LogP contribution in [0.15, 0.2) is 42.5 Å². The molecule has 0 aromatic heterocycles. The van der Waals surface area contributed by atoms with E-state index in [0.717, 1.165) is 24.3 Å². The van der Waals surface area contributed by atoms with E-state index in [2.05, 4.69) is 22.3 Å². The van der Waals surface area contributed by atoms with Gasteiger partial charge in [0.15, 0.2) is 0 Å². The molecule has 1 aliphatic rings. The summed E-state index contributed by atoms with van der Waals surface area (Å²) in [5.74, 6) is 0.186. The number of hydrogen-bond acceptors (Lipinski definition) is 4. The Morgan fingerprint density at radius 1 is 1.00 bits per heavy atom. The van der Waals surface area contributed by atoms with Crippen LogP contribution in [0.4, 0.5) is 11.4 Å². The van der Waals surface area contributed by atoms with Crippen LogP contribution in [0.1, 0.15) is 18.4 Å². The van der Waals surface area contributed by atoms with Gasteiger partial charge in [-0.25, -0.2) is 0 Å². The first-order chi connectivity index (χ1) is 10.2. The maximum absolute atomic E-state index is 9.79. The first-order valence-electron chi connectivity index (χ1n) is 7.32. The van der Waals surface area contributed by atoms with Gasteiger partial charge in [0.05, 0.1) is 0 Å². The van der Waals surface area contributed by atoms with Crippen LogP contribution in [0.5, 0.6) is 11.5 Å². The maximum atomic E-state index is 9.79. The number of phenols is 2. The van der Waals surface area contributed by atoms with Gasteiger partial charge < -0.3 is 20.4 Å². The number of hydrogen-bond donors (Lipinski definition) is 3. The number of benzene rings is 2.